The lowest BCUT2D eigenvalue weighted by molar-refractivity contribution is -0.122. The summed E-state index contributed by atoms with van der Waals surface area (Å²) in [6.45, 7) is 10.4. The normalized spacial score (nSPS) is 11.6. The van der Waals surface area contributed by atoms with E-state index in [0.717, 1.165) is 5.56 Å². The quantitative estimate of drug-likeness (QED) is 0.820. The molecule has 1 heterocycles. The Morgan fingerprint density at radius 3 is 2.55 bits per heavy atom. The lowest BCUT2D eigenvalue weighted by Crippen LogP contribution is -2.41. The maximum atomic E-state index is 11.7. The molecular weight excluding hydrogens is 276 g/mol. The third kappa shape index (κ3) is 5.33. The van der Waals surface area contributed by atoms with Crippen LogP contribution in [0.15, 0.2) is 6.33 Å². The van der Waals surface area contributed by atoms with E-state index in [1.807, 2.05) is 34.6 Å². The second kappa shape index (κ2) is 6.88. The summed E-state index contributed by atoms with van der Waals surface area (Å²) in [5.74, 6) is 0.925. The molecule has 1 aromatic heterocycles. The largest absolute Gasteiger partial charge is 0.369 e. The van der Waals surface area contributed by atoms with Crippen LogP contribution in [0.4, 0.5) is 5.82 Å². The van der Waals surface area contributed by atoms with Gasteiger partial charge in [-0.3, -0.25) is 4.79 Å². The highest BCUT2D eigenvalue weighted by atomic mass is 35.5. The van der Waals surface area contributed by atoms with Gasteiger partial charge in [0, 0.05) is 24.1 Å². The summed E-state index contributed by atoms with van der Waals surface area (Å²) in [5, 5.41) is 6.53. The molecule has 0 saturated carbocycles. The van der Waals surface area contributed by atoms with Crippen molar-refractivity contribution in [1.82, 2.24) is 15.3 Å². The van der Waals surface area contributed by atoms with Crippen molar-refractivity contribution in [2.75, 3.05) is 11.9 Å². The molecule has 0 aliphatic carbocycles. The summed E-state index contributed by atoms with van der Waals surface area (Å²) in [5.41, 5.74) is 0.670. The molecule has 2 N–H and O–H groups in total. The minimum atomic E-state index is -0.210. The van der Waals surface area contributed by atoms with E-state index < -0.39 is 0 Å². The number of nitrogens with one attached hydrogen (secondary N) is 2. The molecule has 1 aromatic rings. The van der Waals surface area contributed by atoms with Crippen molar-refractivity contribution in [3.63, 3.8) is 0 Å². The van der Waals surface area contributed by atoms with Crippen LogP contribution >= 0.6 is 11.6 Å². The number of hydrogen-bond acceptors (Lipinski definition) is 4. The van der Waals surface area contributed by atoms with Crippen LogP contribution in [0.2, 0.25) is 5.15 Å². The summed E-state index contributed by atoms with van der Waals surface area (Å²) in [7, 11) is 0. The van der Waals surface area contributed by atoms with Gasteiger partial charge in [0.15, 0.2) is 0 Å². The van der Waals surface area contributed by atoms with E-state index in [-0.39, 0.29) is 17.4 Å². The minimum absolute atomic E-state index is 0.0104. The topological polar surface area (TPSA) is 66.9 Å². The van der Waals surface area contributed by atoms with E-state index in [9.17, 15) is 4.79 Å². The zero-order valence-electron chi connectivity index (χ0n) is 12.7. The monoisotopic (exact) mass is 298 g/mol. The number of carbonyl (C=O) groups excluding carboxylic acids is 1. The summed E-state index contributed by atoms with van der Waals surface area (Å²) < 4.78 is 0. The number of anilines is 1. The lowest BCUT2D eigenvalue weighted by Gasteiger charge is -2.20. The van der Waals surface area contributed by atoms with Crippen molar-refractivity contribution in [3.05, 3.63) is 17.0 Å². The lowest BCUT2D eigenvalue weighted by atomic mass is 10.1. The number of rotatable bonds is 5. The number of halogens is 1. The first-order valence-corrected chi connectivity index (χ1v) is 7.14. The third-order valence-corrected chi connectivity index (χ3v) is 2.87. The van der Waals surface area contributed by atoms with Crippen molar-refractivity contribution in [2.24, 2.45) is 0 Å². The Hall–Kier alpha value is -1.36. The van der Waals surface area contributed by atoms with Gasteiger partial charge in [-0.25, -0.2) is 9.97 Å². The van der Waals surface area contributed by atoms with E-state index in [4.69, 9.17) is 11.6 Å². The molecule has 0 atom stereocenters. The highest BCUT2D eigenvalue weighted by molar-refractivity contribution is 6.30. The molecule has 0 spiro atoms. The Bertz CT molecular complexity index is 469. The molecule has 1 amide bonds. The van der Waals surface area contributed by atoms with Gasteiger partial charge < -0.3 is 10.6 Å². The standard InChI is InChI=1S/C14H23ClN4O/c1-9(2)11-12(15)17-8-18-13(11)16-7-6-10(20)19-14(3,4)5/h8-9H,6-7H2,1-5H3,(H,19,20)(H,16,17,18). The van der Waals surface area contributed by atoms with Gasteiger partial charge in [-0.15, -0.1) is 0 Å². The summed E-state index contributed by atoms with van der Waals surface area (Å²) in [4.78, 5) is 19.9. The van der Waals surface area contributed by atoms with E-state index >= 15 is 0 Å². The van der Waals surface area contributed by atoms with Gasteiger partial charge >= 0.3 is 0 Å². The Balaban J connectivity index is 2.59. The zero-order chi connectivity index (χ0) is 15.3. The molecule has 0 aliphatic rings. The Morgan fingerprint density at radius 2 is 2.00 bits per heavy atom. The van der Waals surface area contributed by atoms with Gasteiger partial charge in [0.05, 0.1) is 0 Å². The molecule has 0 fully saturated rings. The second-order valence-corrected chi connectivity index (χ2v) is 6.41. The van der Waals surface area contributed by atoms with Gasteiger partial charge in [-0.1, -0.05) is 25.4 Å². The van der Waals surface area contributed by atoms with Crippen molar-refractivity contribution in [3.8, 4) is 0 Å². The molecule has 5 nitrogen and oxygen atoms in total. The number of aromatic nitrogens is 2. The molecule has 0 aliphatic heterocycles. The number of carbonyl (C=O) groups is 1. The van der Waals surface area contributed by atoms with Gasteiger partial charge in [-0.05, 0) is 26.7 Å². The molecule has 0 aromatic carbocycles. The maximum Gasteiger partial charge on any atom is 0.222 e. The second-order valence-electron chi connectivity index (χ2n) is 6.06. The first kappa shape index (κ1) is 16.7. The Kier molecular flexibility index (Phi) is 5.74. The van der Waals surface area contributed by atoms with Gasteiger partial charge in [0.2, 0.25) is 5.91 Å². The molecule has 0 saturated heterocycles. The molecule has 0 radical (unpaired) electrons. The van der Waals surface area contributed by atoms with Crippen LogP contribution in [0.3, 0.4) is 0 Å². The fraction of sp³-hybridized carbons (Fsp3) is 0.643. The fourth-order valence-electron chi connectivity index (χ4n) is 1.80. The Labute approximate surface area is 125 Å². The smallest absolute Gasteiger partial charge is 0.222 e. The van der Waals surface area contributed by atoms with Crippen molar-refractivity contribution in [1.29, 1.82) is 0 Å². The highest BCUT2D eigenvalue weighted by Gasteiger charge is 2.15. The molecule has 0 bridgehead atoms. The zero-order valence-corrected chi connectivity index (χ0v) is 13.5. The van der Waals surface area contributed by atoms with Crippen molar-refractivity contribution < 1.29 is 4.79 Å². The van der Waals surface area contributed by atoms with Gasteiger partial charge in [0.25, 0.3) is 0 Å². The number of amides is 1. The minimum Gasteiger partial charge on any atom is -0.369 e. The van der Waals surface area contributed by atoms with E-state index in [1.165, 1.54) is 6.33 Å². The van der Waals surface area contributed by atoms with Crippen LogP contribution in [-0.2, 0) is 4.79 Å². The number of nitrogens with zero attached hydrogens (tertiary/aromatic N) is 2. The molecule has 0 unspecified atom stereocenters. The van der Waals surface area contributed by atoms with Crippen LogP contribution < -0.4 is 10.6 Å². The first-order chi connectivity index (χ1) is 9.20. The average molecular weight is 299 g/mol. The average Bonchev–Trinajstić information content (AvgIpc) is 2.25. The first-order valence-electron chi connectivity index (χ1n) is 6.76. The van der Waals surface area contributed by atoms with E-state index in [2.05, 4.69) is 20.6 Å². The predicted octanol–water partition coefficient (Wildman–Crippen LogP) is 2.97. The maximum absolute atomic E-state index is 11.7. The SMILES string of the molecule is CC(C)c1c(Cl)ncnc1NCCC(=O)NC(C)(C)C. The van der Waals surface area contributed by atoms with Crippen molar-refractivity contribution >= 4 is 23.3 Å². The summed E-state index contributed by atoms with van der Waals surface area (Å²) in [6, 6.07) is 0. The van der Waals surface area contributed by atoms with Gasteiger partial charge in [0.1, 0.15) is 17.3 Å². The molecule has 6 heteroatoms. The molecule has 20 heavy (non-hydrogen) atoms. The van der Waals surface area contributed by atoms with Gasteiger partial charge in [-0.2, -0.15) is 0 Å². The van der Waals surface area contributed by atoms with E-state index in [1.54, 1.807) is 0 Å². The van der Waals surface area contributed by atoms with Crippen LogP contribution in [0.5, 0.6) is 0 Å². The van der Waals surface area contributed by atoms with Crippen molar-refractivity contribution in [2.45, 2.75) is 52.5 Å². The van der Waals surface area contributed by atoms with Crippen LogP contribution in [0.1, 0.15) is 52.5 Å². The highest BCUT2D eigenvalue weighted by Crippen LogP contribution is 2.27. The third-order valence-electron chi connectivity index (χ3n) is 2.57. The Morgan fingerprint density at radius 1 is 1.35 bits per heavy atom. The van der Waals surface area contributed by atoms with Crippen LogP contribution in [0.25, 0.3) is 0 Å². The predicted molar refractivity (Wildman–Crippen MR) is 82.1 cm³/mol. The molecule has 1 rings (SSSR count). The van der Waals surface area contributed by atoms with Crippen LogP contribution in [-0.4, -0.2) is 28.0 Å². The molecular formula is C14H23ClN4O. The van der Waals surface area contributed by atoms with E-state index in [0.29, 0.717) is 23.9 Å². The summed E-state index contributed by atoms with van der Waals surface area (Å²) >= 11 is 6.08. The van der Waals surface area contributed by atoms with Crippen LogP contribution in [0, 0.1) is 0 Å². The number of hydrogen-bond donors (Lipinski definition) is 2. The molecule has 112 valence electrons. The fourth-order valence-corrected chi connectivity index (χ4v) is 2.15. The summed E-state index contributed by atoms with van der Waals surface area (Å²) in [6.07, 6.45) is 1.81.